The maximum absolute atomic E-state index is 11.2. The summed E-state index contributed by atoms with van der Waals surface area (Å²) in [5.41, 5.74) is 5.16. The second-order valence-corrected chi connectivity index (χ2v) is 2.78. The van der Waals surface area contributed by atoms with E-state index in [0.717, 1.165) is 0 Å². The van der Waals surface area contributed by atoms with Crippen molar-refractivity contribution in [2.24, 2.45) is 5.92 Å². The van der Waals surface area contributed by atoms with Gasteiger partial charge in [-0.05, 0) is 6.42 Å². The molecule has 4 nitrogen and oxygen atoms in total. The summed E-state index contributed by atoms with van der Waals surface area (Å²) >= 11 is 0. The number of hydrogen-bond acceptors (Lipinski definition) is 2. The number of hydrogen-bond donors (Lipinski definition) is 2. The molecule has 12 heavy (non-hydrogen) atoms. The summed E-state index contributed by atoms with van der Waals surface area (Å²) in [5.74, 6) is -0.627. The molecule has 1 aliphatic carbocycles. The molecule has 1 aliphatic heterocycles. The first-order valence-electron chi connectivity index (χ1n) is 3.76. The molecule has 0 aromatic heterocycles. The summed E-state index contributed by atoms with van der Waals surface area (Å²) in [7, 11) is 0. The number of allylic oxidation sites excluding steroid dienone is 3. The zero-order chi connectivity index (χ0) is 8.55. The highest BCUT2D eigenvalue weighted by Crippen LogP contribution is 2.22. The molecular formula is C8H8N2O2. The van der Waals surface area contributed by atoms with Crippen LogP contribution < -0.4 is 10.9 Å². The van der Waals surface area contributed by atoms with Gasteiger partial charge in [-0.1, -0.05) is 18.2 Å². The molecule has 1 heterocycles. The van der Waals surface area contributed by atoms with Crippen LogP contribution in [0.3, 0.4) is 0 Å². The van der Waals surface area contributed by atoms with Gasteiger partial charge < -0.3 is 0 Å². The van der Waals surface area contributed by atoms with E-state index in [1.54, 1.807) is 12.2 Å². The number of rotatable bonds is 0. The fraction of sp³-hybridized carbons (Fsp3) is 0.250. The first kappa shape index (κ1) is 7.09. The largest absolute Gasteiger partial charge is 0.273 e. The Morgan fingerprint density at radius 2 is 2.17 bits per heavy atom. The normalized spacial score (nSPS) is 27.0. The van der Waals surface area contributed by atoms with Gasteiger partial charge in [-0.15, -0.1) is 0 Å². The van der Waals surface area contributed by atoms with Crippen molar-refractivity contribution in [3.05, 3.63) is 23.8 Å². The minimum atomic E-state index is -0.288. The lowest BCUT2D eigenvalue weighted by Gasteiger charge is -2.25. The van der Waals surface area contributed by atoms with Gasteiger partial charge in [0.05, 0.1) is 5.92 Å². The van der Waals surface area contributed by atoms with Crippen molar-refractivity contribution in [3.8, 4) is 0 Å². The molecule has 1 atom stereocenters. The number of carbonyl (C=O) groups excluding carboxylic acids is 2. The van der Waals surface area contributed by atoms with Crippen molar-refractivity contribution in [3.63, 3.8) is 0 Å². The number of fused-ring (bicyclic) bond motifs is 1. The van der Waals surface area contributed by atoms with Crippen LogP contribution in [0, 0.1) is 5.92 Å². The van der Waals surface area contributed by atoms with Crippen LogP contribution in [0.15, 0.2) is 23.8 Å². The molecule has 0 bridgehead atoms. The molecule has 0 spiro atoms. The number of nitrogens with one attached hydrogen (secondary N) is 2. The van der Waals surface area contributed by atoms with Gasteiger partial charge in [0.1, 0.15) is 0 Å². The Morgan fingerprint density at radius 3 is 2.92 bits per heavy atom. The van der Waals surface area contributed by atoms with E-state index in [-0.39, 0.29) is 17.7 Å². The molecule has 4 heteroatoms. The van der Waals surface area contributed by atoms with Gasteiger partial charge in [0.25, 0.3) is 5.91 Å². The van der Waals surface area contributed by atoms with Gasteiger partial charge in [-0.3, -0.25) is 20.4 Å². The molecule has 0 radical (unpaired) electrons. The van der Waals surface area contributed by atoms with E-state index in [1.165, 1.54) is 0 Å². The van der Waals surface area contributed by atoms with Crippen LogP contribution in [0.4, 0.5) is 0 Å². The maximum Gasteiger partial charge on any atom is 0.266 e. The van der Waals surface area contributed by atoms with Crippen molar-refractivity contribution >= 4 is 11.8 Å². The molecule has 1 saturated heterocycles. The predicted molar refractivity (Wildman–Crippen MR) is 41.6 cm³/mol. The lowest BCUT2D eigenvalue weighted by Crippen LogP contribution is -2.52. The Labute approximate surface area is 69.3 Å². The average molecular weight is 164 g/mol. The Kier molecular flexibility index (Phi) is 1.46. The van der Waals surface area contributed by atoms with Gasteiger partial charge in [0.15, 0.2) is 0 Å². The fourth-order valence-corrected chi connectivity index (χ4v) is 1.39. The monoisotopic (exact) mass is 164 g/mol. The zero-order valence-electron chi connectivity index (χ0n) is 6.33. The Morgan fingerprint density at radius 1 is 1.33 bits per heavy atom. The first-order valence-corrected chi connectivity index (χ1v) is 3.76. The van der Waals surface area contributed by atoms with Crippen LogP contribution in [0.25, 0.3) is 0 Å². The van der Waals surface area contributed by atoms with Crippen molar-refractivity contribution in [1.29, 1.82) is 0 Å². The molecular weight excluding hydrogens is 156 g/mol. The Balaban J connectivity index is 2.35. The van der Waals surface area contributed by atoms with Crippen LogP contribution in [-0.4, -0.2) is 11.8 Å². The van der Waals surface area contributed by atoms with E-state index in [1.807, 2.05) is 6.08 Å². The third kappa shape index (κ3) is 0.922. The minimum Gasteiger partial charge on any atom is -0.273 e. The van der Waals surface area contributed by atoms with Gasteiger partial charge in [-0.25, -0.2) is 0 Å². The van der Waals surface area contributed by atoms with Crippen molar-refractivity contribution in [2.45, 2.75) is 6.42 Å². The highest BCUT2D eigenvalue weighted by Gasteiger charge is 2.31. The standard InChI is InChI=1S/C8H8N2O2/c11-7-5-3-1-2-4-6(5)8(12)10-9-7/h1-3,6H,4H2,(H,9,11)(H,10,12). The second kappa shape index (κ2) is 2.48. The number of carbonyl (C=O) groups is 2. The summed E-state index contributed by atoms with van der Waals surface area (Å²) < 4.78 is 0. The molecule has 2 amide bonds. The van der Waals surface area contributed by atoms with E-state index in [2.05, 4.69) is 10.9 Å². The smallest absolute Gasteiger partial charge is 0.266 e. The number of amides is 2. The summed E-state index contributed by atoms with van der Waals surface area (Å²) in [5, 5.41) is 0. The molecule has 0 aromatic carbocycles. The molecule has 2 N–H and O–H groups in total. The molecule has 0 aromatic rings. The van der Waals surface area contributed by atoms with E-state index < -0.39 is 0 Å². The second-order valence-electron chi connectivity index (χ2n) is 2.78. The van der Waals surface area contributed by atoms with Crippen LogP contribution in [-0.2, 0) is 9.59 Å². The summed E-state index contributed by atoms with van der Waals surface area (Å²) in [4.78, 5) is 22.3. The van der Waals surface area contributed by atoms with Crippen molar-refractivity contribution in [1.82, 2.24) is 10.9 Å². The molecule has 0 saturated carbocycles. The Hall–Kier alpha value is -1.58. The third-order valence-electron chi connectivity index (χ3n) is 2.04. The minimum absolute atomic E-state index is 0.134. The molecule has 1 unspecified atom stereocenters. The summed E-state index contributed by atoms with van der Waals surface area (Å²) in [6.07, 6.45) is 5.98. The van der Waals surface area contributed by atoms with Crippen LogP contribution >= 0.6 is 0 Å². The SMILES string of the molecule is O=C1NNC(=O)C2CC=CC=C12. The van der Waals surface area contributed by atoms with Crippen molar-refractivity contribution < 1.29 is 9.59 Å². The van der Waals surface area contributed by atoms with Crippen LogP contribution in [0.5, 0.6) is 0 Å². The average Bonchev–Trinajstić information content (AvgIpc) is 2.12. The van der Waals surface area contributed by atoms with E-state index >= 15 is 0 Å². The highest BCUT2D eigenvalue weighted by molar-refractivity contribution is 6.04. The van der Waals surface area contributed by atoms with Gasteiger partial charge in [0, 0.05) is 5.57 Å². The van der Waals surface area contributed by atoms with Gasteiger partial charge in [0.2, 0.25) is 5.91 Å². The predicted octanol–water partition coefficient (Wildman–Crippen LogP) is -0.350. The van der Waals surface area contributed by atoms with Gasteiger partial charge in [-0.2, -0.15) is 0 Å². The molecule has 62 valence electrons. The van der Waals surface area contributed by atoms with Gasteiger partial charge >= 0.3 is 0 Å². The topological polar surface area (TPSA) is 58.2 Å². The summed E-state index contributed by atoms with van der Waals surface area (Å²) in [6, 6.07) is 0. The summed E-state index contributed by atoms with van der Waals surface area (Å²) in [6.45, 7) is 0. The zero-order valence-corrected chi connectivity index (χ0v) is 6.33. The lowest BCUT2D eigenvalue weighted by molar-refractivity contribution is -0.133. The fourth-order valence-electron chi connectivity index (χ4n) is 1.39. The first-order chi connectivity index (χ1) is 5.79. The lowest BCUT2D eigenvalue weighted by atomic mass is 9.89. The number of hydrazine groups is 1. The van der Waals surface area contributed by atoms with E-state index in [0.29, 0.717) is 12.0 Å². The molecule has 1 fully saturated rings. The molecule has 2 aliphatic rings. The van der Waals surface area contributed by atoms with E-state index in [4.69, 9.17) is 0 Å². The Bertz CT molecular complexity index is 304. The molecule has 2 rings (SSSR count). The quantitative estimate of drug-likeness (QED) is 0.514. The van der Waals surface area contributed by atoms with E-state index in [9.17, 15) is 9.59 Å². The van der Waals surface area contributed by atoms with Crippen LogP contribution in [0.1, 0.15) is 6.42 Å². The maximum atomic E-state index is 11.2. The highest BCUT2D eigenvalue weighted by atomic mass is 16.2. The van der Waals surface area contributed by atoms with Crippen LogP contribution in [0.2, 0.25) is 0 Å². The third-order valence-corrected chi connectivity index (χ3v) is 2.04. The van der Waals surface area contributed by atoms with Crippen molar-refractivity contribution in [2.75, 3.05) is 0 Å².